The van der Waals surface area contributed by atoms with Gasteiger partial charge in [0, 0.05) is 17.4 Å². The highest BCUT2D eigenvalue weighted by molar-refractivity contribution is 9.09. The van der Waals surface area contributed by atoms with Gasteiger partial charge in [0.1, 0.15) is 0 Å². The summed E-state index contributed by atoms with van der Waals surface area (Å²) in [5, 5.41) is 0. The highest BCUT2D eigenvalue weighted by atomic mass is 79.9. The molecule has 1 fully saturated rings. The molecule has 0 N–H and O–H groups in total. The maximum atomic E-state index is 3.77. The molecule has 1 aliphatic rings. The summed E-state index contributed by atoms with van der Waals surface area (Å²) >= 11 is 3.77. The summed E-state index contributed by atoms with van der Waals surface area (Å²) < 4.78 is 0. The van der Waals surface area contributed by atoms with Gasteiger partial charge in [-0.1, -0.05) is 70.5 Å². The van der Waals surface area contributed by atoms with Crippen molar-refractivity contribution >= 4 is 15.9 Å². The molecule has 0 aliphatic heterocycles. The minimum Gasteiger partial charge on any atom is -0.297 e. The maximum Gasteiger partial charge on any atom is 0.0236 e. The average Bonchev–Trinajstić information content (AvgIpc) is 2.69. The molecule has 0 saturated heterocycles. The molecule has 1 nitrogen and oxygen atoms in total. The predicted octanol–water partition coefficient (Wildman–Crippen LogP) is 6.95. The lowest BCUT2D eigenvalue weighted by Gasteiger charge is -2.27. The van der Waals surface area contributed by atoms with E-state index in [4.69, 9.17) is 0 Å². The topological polar surface area (TPSA) is 3.24 Å². The van der Waals surface area contributed by atoms with Gasteiger partial charge in [0.05, 0.1) is 0 Å². The lowest BCUT2D eigenvalue weighted by molar-refractivity contribution is 0.210. The fourth-order valence-electron chi connectivity index (χ4n) is 4.17. The van der Waals surface area contributed by atoms with Crippen LogP contribution in [0.25, 0.3) is 0 Å². The van der Waals surface area contributed by atoms with Crippen molar-refractivity contribution in [1.29, 1.82) is 0 Å². The lowest BCUT2D eigenvalue weighted by atomic mass is 9.84. The fraction of sp³-hybridized carbons (Fsp3) is 0.520. The molecule has 27 heavy (non-hydrogen) atoms. The summed E-state index contributed by atoms with van der Waals surface area (Å²) in [6.07, 6.45) is 7.69. The van der Waals surface area contributed by atoms with Crippen molar-refractivity contribution < 1.29 is 0 Å². The molecule has 146 valence electrons. The molecule has 3 rings (SSSR count). The number of alkyl halides is 1. The van der Waals surface area contributed by atoms with Crippen LogP contribution in [0.5, 0.6) is 0 Å². The van der Waals surface area contributed by atoms with Crippen molar-refractivity contribution in [1.82, 2.24) is 4.90 Å². The van der Waals surface area contributed by atoms with Crippen molar-refractivity contribution in [2.75, 3.05) is 6.54 Å². The third-order valence-corrected chi connectivity index (χ3v) is 6.89. The third kappa shape index (κ3) is 6.47. The SMILES string of the molecule is CC(C)N(CCCc1ccc(C2CCC(Br)CC2)cc1)Cc1ccccc1. The van der Waals surface area contributed by atoms with Gasteiger partial charge in [0.15, 0.2) is 0 Å². The normalized spacial score (nSPS) is 20.3. The van der Waals surface area contributed by atoms with Crippen LogP contribution in [0.1, 0.15) is 68.6 Å². The number of nitrogens with zero attached hydrogens (tertiary/aromatic N) is 1. The standard InChI is InChI=1S/C25H34BrN/c1-20(2)27(19-22-7-4-3-5-8-22)18-6-9-21-10-12-23(13-11-21)24-14-16-25(26)17-15-24/h3-5,7-8,10-13,20,24-25H,6,9,14-19H2,1-2H3. The lowest BCUT2D eigenvalue weighted by Crippen LogP contribution is -2.31. The monoisotopic (exact) mass is 427 g/mol. The minimum atomic E-state index is 0.581. The molecule has 0 heterocycles. The van der Waals surface area contributed by atoms with Crippen molar-refractivity contribution in [3.05, 3.63) is 71.3 Å². The molecule has 2 aromatic rings. The van der Waals surface area contributed by atoms with Crippen LogP contribution in [-0.2, 0) is 13.0 Å². The fourth-order valence-corrected chi connectivity index (χ4v) is 4.70. The van der Waals surface area contributed by atoms with Gasteiger partial charge in [-0.2, -0.15) is 0 Å². The van der Waals surface area contributed by atoms with Crippen molar-refractivity contribution in [3.8, 4) is 0 Å². The molecule has 1 aliphatic carbocycles. The summed E-state index contributed by atoms with van der Waals surface area (Å²) in [6, 6.07) is 20.9. The predicted molar refractivity (Wildman–Crippen MR) is 121 cm³/mol. The van der Waals surface area contributed by atoms with Crippen LogP contribution in [-0.4, -0.2) is 22.3 Å². The van der Waals surface area contributed by atoms with E-state index in [-0.39, 0.29) is 0 Å². The zero-order valence-corrected chi connectivity index (χ0v) is 18.5. The number of benzene rings is 2. The zero-order valence-electron chi connectivity index (χ0n) is 16.9. The second-order valence-corrected chi connectivity index (χ2v) is 9.64. The Morgan fingerprint density at radius 1 is 0.889 bits per heavy atom. The summed E-state index contributed by atoms with van der Waals surface area (Å²) in [7, 11) is 0. The van der Waals surface area contributed by atoms with Gasteiger partial charge in [-0.25, -0.2) is 0 Å². The molecule has 2 heteroatoms. The highest BCUT2D eigenvalue weighted by Gasteiger charge is 2.20. The number of halogens is 1. The van der Waals surface area contributed by atoms with Gasteiger partial charge in [-0.15, -0.1) is 0 Å². The molecule has 0 bridgehead atoms. The quantitative estimate of drug-likeness (QED) is 0.411. The Balaban J connectivity index is 1.47. The van der Waals surface area contributed by atoms with Gasteiger partial charge in [-0.3, -0.25) is 4.90 Å². The molecule has 0 aromatic heterocycles. The van der Waals surface area contributed by atoms with Crippen LogP contribution < -0.4 is 0 Å². The third-order valence-electron chi connectivity index (χ3n) is 5.98. The van der Waals surface area contributed by atoms with Crippen molar-refractivity contribution in [2.45, 2.75) is 75.7 Å². The van der Waals surface area contributed by atoms with Gasteiger partial charge >= 0.3 is 0 Å². The Labute approximate surface area is 174 Å². The Morgan fingerprint density at radius 2 is 1.56 bits per heavy atom. The number of hydrogen-bond acceptors (Lipinski definition) is 1. The van der Waals surface area contributed by atoms with E-state index >= 15 is 0 Å². The van der Waals surface area contributed by atoms with Gasteiger partial charge in [0.25, 0.3) is 0 Å². The van der Waals surface area contributed by atoms with Crippen LogP contribution in [0.3, 0.4) is 0 Å². The Hall–Kier alpha value is -1.12. The Bertz CT molecular complexity index is 656. The Kier molecular flexibility index (Phi) is 7.96. The summed E-state index contributed by atoms with van der Waals surface area (Å²) in [5.74, 6) is 0.773. The minimum absolute atomic E-state index is 0.581. The maximum absolute atomic E-state index is 3.77. The Morgan fingerprint density at radius 3 is 2.19 bits per heavy atom. The van der Waals surface area contributed by atoms with E-state index in [0.717, 1.165) is 23.8 Å². The van der Waals surface area contributed by atoms with Gasteiger partial charge in [-0.05, 0) is 81.5 Å². The summed E-state index contributed by atoms with van der Waals surface area (Å²) in [5.41, 5.74) is 4.44. The summed E-state index contributed by atoms with van der Waals surface area (Å²) in [6.45, 7) is 6.82. The highest BCUT2D eigenvalue weighted by Crippen LogP contribution is 2.35. The first-order chi connectivity index (χ1) is 13.1. The number of rotatable bonds is 8. The number of aryl methyl sites for hydroxylation is 1. The smallest absolute Gasteiger partial charge is 0.0236 e. The van der Waals surface area contributed by atoms with Crippen LogP contribution in [0.4, 0.5) is 0 Å². The molecule has 1 saturated carbocycles. The van der Waals surface area contributed by atoms with Gasteiger partial charge < -0.3 is 0 Å². The summed E-state index contributed by atoms with van der Waals surface area (Å²) in [4.78, 5) is 3.33. The van der Waals surface area contributed by atoms with E-state index in [2.05, 4.69) is 89.3 Å². The number of hydrogen-bond donors (Lipinski definition) is 0. The van der Waals surface area contributed by atoms with E-state index in [1.54, 1.807) is 5.56 Å². The zero-order chi connectivity index (χ0) is 19.1. The largest absolute Gasteiger partial charge is 0.297 e. The van der Waals surface area contributed by atoms with Crippen LogP contribution in [0, 0.1) is 0 Å². The van der Waals surface area contributed by atoms with E-state index < -0.39 is 0 Å². The van der Waals surface area contributed by atoms with Crippen LogP contribution in [0.2, 0.25) is 0 Å². The second-order valence-electron chi connectivity index (χ2n) is 8.34. The molecule has 2 aromatic carbocycles. The first-order valence-corrected chi connectivity index (χ1v) is 11.5. The van der Waals surface area contributed by atoms with Gasteiger partial charge in [0.2, 0.25) is 0 Å². The molecule has 0 amide bonds. The average molecular weight is 428 g/mol. The first-order valence-electron chi connectivity index (χ1n) is 10.6. The van der Waals surface area contributed by atoms with Crippen LogP contribution in [0.15, 0.2) is 54.6 Å². The molecule has 0 unspecified atom stereocenters. The van der Waals surface area contributed by atoms with E-state index in [0.29, 0.717) is 6.04 Å². The molecular formula is C25H34BrN. The van der Waals surface area contributed by atoms with Crippen molar-refractivity contribution in [2.24, 2.45) is 0 Å². The molecule has 0 atom stereocenters. The second kappa shape index (κ2) is 10.4. The van der Waals surface area contributed by atoms with E-state index in [1.807, 2.05) is 0 Å². The van der Waals surface area contributed by atoms with Crippen LogP contribution >= 0.6 is 15.9 Å². The molecule has 0 spiro atoms. The first kappa shape index (κ1) is 20.6. The van der Waals surface area contributed by atoms with E-state index in [9.17, 15) is 0 Å². The molecule has 0 radical (unpaired) electrons. The van der Waals surface area contributed by atoms with E-state index in [1.165, 1.54) is 49.7 Å². The van der Waals surface area contributed by atoms with Crippen molar-refractivity contribution in [3.63, 3.8) is 0 Å². The molecular weight excluding hydrogens is 394 g/mol.